The van der Waals surface area contributed by atoms with Crippen LogP contribution in [-0.4, -0.2) is 0 Å². The number of hydrogen-bond acceptors (Lipinski definition) is 0. The molecule has 0 heterocycles. The molecule has 0 aromatic heterocycles. The Balaban J connectivity index is 3.21. The Morgan fingerprint density at radius 1 is 0.300 bits per heavy atom. The van der Waals surface area contributed by atoms with Crippen LogP contribution in [0.4, 0.5) is 0 Å². The van der Waals surface area contributed by atoms with Crippen molar-refractivity contribution < 1.29 is 0 Å². The van der Waals surface area contributed by atoms with Crippen LogP contribution in [0.5, 0.6) is 0 Å². The molecule has 0 aliphatic rings. The highest BCUT2D eigenvalue weighted by atomic mass is 14.0. The topological polar surface area (TPSA) is 0 Å². The lowest BCUT2D eigenvalue weighted by Gasteiger charge is -2.01. The molecule has 0 aromatic carbocycles. The van der Waals surface area contributed by atoms with Crippen LogP contribution >= 0.6 is 0 Å². The number of hydrogen-bond donors (Lipinski definition) is 0. The Kier molecular flexibility index (Phi) is 27.3. The molecule has 0 fully saturated rings. The monoisotopic (exact) mass is 414 g/mol. The number of unbranched alkanes of at least 4 members (excludes halogenated alkanes) is 22. The van der Waals surface area contributed by atoms with Gasteiger partial charge in [0.05, 0.1) is 0 Å². The average Bonchev–Trinajstić information content (AvgIpc) is 2.76. The maximum atomic E-state index is 3.24. The summed E-state index contributed by atoms with van der Waals surface area (Å²) in [5.41, 5.74) is 0. The predicted octanol–water partition coefficient (Wildman–Crippen LogP) is 10.4. The van der Waals surface area contributed by atoms with Crippen molar-refractivity contribution in [3.05, 3.63) is 0 Å². The molecule has 0 amide bonds. The third kappa shape index (κ3) is 27.1. The maximum Gasteiger partial charge on any atom is 0.00989 e. The van der Waals surface area contributed by atoms with Crippen LogP contribution in [0.2, 0.25) is 0 Å². The van der Waals surface area contributed by atoms with E-state index in [-0.39, 0.29) is 0 Å². The van der Waals surface area contributed by atoms with Crippen molar-refractivity contribution in [2.45, 2.75) is 168 Å². The molecular formula is C30H54. The summed E-state index contributed by atoms with van der Waals surface area (Å²) in [5, 5.41) is 0. The molecule has 0 unspecified atom stereocenters. The molecule has 0 nitrogen and oxygen atoms in total. The molecule has 30 heavy (non-hydrogen) atoms. The first-order valence-electron chi connectivity index (χ1n) is 13.9. The zero-order valence-corrected chi connectivity index (χ0v) is 21.0. The van der Waals surface area contributed by atoms with Gasteiger partial charge in [-0.25, -0.2) is 0 Å². The molecule has 0 saturated heterocycles. The molecule has 0 spiro atoms. The van der Waals surface area contributed by atoms with Crippen molar-refractivity contribution in [2.24, 2.45) is 0 Å². The first-order chi connectivity index (χ1) is 14.9. The quantitative estimate of drug-likeness (QED) is 0.122. The highest BCUT2D eigenvalue weighted by molar-refractivity contribution is 5.25. The van der Waals surface area contributed by atoms with E-state index in [0.29, 0.717) is 0 Å². The van der Waals surface area contributed by atoms with E-state index in [1.54, 1.807) is 0 Å². The minimum absolute atomic E-state index is 1.03. The van der Waals surface area contributed by atoms with Crippen molar-refractivity contribution in [2.75, 3.05) is 0 Å². The fourth-order valence-corrected chi connectivity index (χ4v) is 3.97. The van der Waals surface area contributed by atoms with E-state index in [9.17, 15) is 0 Å². The van der Waals surface area contributed by atoms with Gasteiger partial charge < -0.3 is 0 Å². The molecule has 0 atom stereocenters. The van der Waals surface area contributed by atoms with Crippen LogP contribution in [0.1, 0.15) is 168 Å². The Labute approximate surface area is 191 Å². The van der Waals surface area contributed by atoms with E-state index in [0.717, 1.165) is 12.8 Å². The zero-order valence-electron chi connectivity index (χ0n) is 21.0. The summed E-state index contributed by atoms with van der Waals surface area (Å²) in [6.45, 7) is 4.58. The van der Waals surface area contributed by atoms with Crippen LogP contribution in [0, 0.1) is 23.7 Å². The second kappa shape index (κ2) is 28.1. The Morgan fingerprint density at radius 2 is 0.533 bits per heavy atom. The van der Waals surface area contributed by atoms with Crippen LogP contribution in [-0.2, 0) is 0 Å². The summed E-state index contributed by atoms with van der Waals surface area (Å²) >= 11 is 0. The van der Waals surface area contributed by atoms with Gasteiger partial charge in [0.2, 0.25) is 0 Å². The van der Waals surface area contributed by atoms with E-state index >= 15 is 0 Å². The minimum Gasteiger partial charge on any atom is -0.0891 e. The fraction of sp³-hybridized carbons (Fsp3) is 0.867. The summed E-state index contributed by atoms with van der Waals surface area (Å²) in [5.74, 6) is 12.6. The molecule has 0 bridgehead atoms. The van der Waals surface area contributed by atoms with Gasteiger partial charge in [-0.2, -0.15) is 0 Å². The summed E-state index contributed by atoms with van der Waals surface area (Å²) in [6, 6.07) is 0. The third-order valence-corrected chi connectivity index (χ3v) is 6.05. The second-order valence-electron chi connectivity index (χ2n) is 9.17. The highest BCUT2D eigenvalue weighted by Crippen LogP contribution is 2.12. The van der Waals surface area contributed by atoms with Gasteiger partial charge in [0.15, 0.2) is 0 Å². The molecule has 0 rings (SSSR count). The fourth-order valence-electron chi connectivity index (χ4n) is 3.97. The molecule has 0 radical (unpaired) electrons. The molecule has 0 aromatic rings. The molecule has 0 saturated carbocycles. The standard InChI is InChI=1S/C30H54/c1-3-5-7-9-11-13-15-17-19-21-23-25-27-29-30-28-26-24-22-20-18-16-14-12-10-8-6-4-2/h3-26H2,1-2H3. The number of rotatable bonds is 22. The maximum absolute atomic E-state index is 3.24. The Morgan fingerprint density at radius 3 is 0.800 bits per heavy atom. The van der Waals surface area contributed by atoms with Gasteiger partial charge in [0, 0.05) is 12.8 Å². The smallest absolute Gasteiger partial charge is 0.00989 e. The molecular weight excluding hydrogens is 360 g/mol. The molecule has 174 valence electrons. The zero-order chi connectivity index (χ0) is 21.8. The van der Waals surface area contributed by atoms with Gasteiger partial charge in [-0.05, 0) is 24.7 Å². The minimum atomic E-state index is 1.03. The van der Waals surface area contributed by atoms with Gasteiger partial charge in [0.1, 0.15) is 0 Å². The van der Waals surface area contributed by atoms with E-state index in [2.05, 4.69) is 37.5 Å². The Hall–Kier alpha value is -0.880. The van der Waals surface area contributed by atoms with Crippen LogP contribution < -0.4 is 0 Å². The summed E-state index contributed by atoms with van der Waals surface area (Å²) in [4.78, 5) is 0. The van der Waals surface area contributed by atoms with Gasteiger partial charge in [0.25, 0.3) is 0 Å². The molecule has 0 aliphatic carbocycles. The van der Waals surface area contributed by atoms with Crippen molar-refractivity contribution >= 4 is 0 Å². The van der Waals surface area contributed by atoms with Gasteiger partial charge >= 0.3 is 0 Å². The summed E-state index contributed by atoms with van der Waals surface area (Å²) in [7, 11) is 0. The largest absolute Gasteiger partial charge is 0.0891 e. The highest BCUT2D eigenvalue weighted by Gasteiger charge is 1.93. The second-order valence-corrected chi connectivity index (χ2v) is 9.17. The average molecular weight is 415 g/mol. The lowest BCUT2D eigenvalue weighted by Crippen LogP contribution is -1.82. The van der Waals surface area contributed by atoms with Crippen LogP contribution in [0.15, 0.2) is 0 Å². The van der Waals surface area contributed by atoms with E-state index < -0.39 is 0 Å². The Bertz CT molecular complexity index is 382. The first kappa shape index (κ1) is 29.1. The van der Waals surface area contributed by atoms with E-state index in [1.807, 2.05) is 0 Å². The SMILES string of the molecule is CCCCCCCCCCCCCC#CC#CCCCCCCCCCCCCC. The van der Waals surface area contributed by atoms with Gasteiger partial charge in [-0.15, -0.1) is 0 Å². The van der Waals surface area contributed by atoms with Crippen molar-refractivity contribution in [1.82, 2.24) is 0 Å². The lowest BCUT2D eigenvalue weighted by molar-refractivity contribution is 0.551. The van der Waals surface area contributed by atoms with Crippen LogP contribution in [0.3, 0.4) is 0 Å². The first-order valence-corrected chi connectivity index (χ1v) is 13.9. The van der Waals surface area contributed by atoms with Gasteiger partial charge in [-0.1, -0.05) is 154 Å². The van der Waals surface area contributed by atoms with Crippen LogP contribution in [0.25, 0.3) is 0 Å². The van der Waals surface area contributed by atoms with E-state index in [4.69, 9.17) is 0 Å². The van der Waals surface area contributed by atoms with E-state index in [1.165, 1.54) is 141 Å². The summed E-state index contributed by atoms with van der Waals surface area (Å²) in [6.07, 6.45) is 32.9. The van der Waals surface area contributed by atoms with Gasteiger partial charge in [-0.3, -0.25) is 0 Å². The third-order valence-electron chi connectivity index (χ3n) is 6.05. The molecule has 0 aliphatic heterocycles. The molecule has 0 heteroatoms. The van der Waals surface area contributed by atoms with Crippen molar-refractivity contribution in [3.63, 3.8) is 0 Å². The predicted molar refractivity (Wildman–Crippen MR) is 138 cm³/mol. The van der Waals surface area contributed by atoms with Crippen molar-refractivity contribution in [1.29, 1.82) is 0 Å². The molecule has 0 N–H and O–H groups in total. The lowest BCUT2D eigenvalue weighted by atomic mass is 10.1. The normalized spacial score (nSPS) is 10.3. The summed E-state index contributed by atoms with van der Waals surface area (Å²) < 4.78 is 0. The van der Waals surface area contributed by atoms with Crippen molar-refractivity contribution in [3.8, 4) is 23.7 Å².